The zero-order valence-electron chi connectivity index (χ0n) is 16.0. The fourth-order valence-electron chi connectivity index (χ4n) is 2.97. The number of hydrogen-bond acceptors (Lipinski definition) is 7. The van der Waals surface area contributed by atoms with Gasteiger partial charge in [-0.1, -0.05) is 0 Å². The molecule has 0 radical (unpaired) electrons. The number of hydrogen-bond donors (Lipinski definition) is 1. The van der Waals surface area contributed by atoms with Gasteiger partial charge in [0.1, 0.15) is 11.6 Å². The van der Waals surface area contributed by atoms with Gasteiger partial charge in [0.15, 0.2) is 0 Å². The van der Waals surface area contributed by atoms with E-state index >= 15 is 0 Å². The molecule has 10 heteroatoms. The minimum absolute atomic E-state index is 0.0706. The number of nitrogens with zero attached hydrogens (tertiary/aromatic N) is 4. The fraction of sp³-hybridized carbons (Fsp3) is 0.316. The highest BCUT2D eigenvalue weighted by atomic mass is 32.2. The number of aromatic nitrogens is 1. The number of aliphatic imine (C=N–C) groups is 1. The lowest BCUT2D eigenvalue weighted by Gasteiger charge is -2.26. The number of nitriles is 1. The molecule has 0 amide bonds. The van der Waals surface area contributed by atoms with Crippen molar-refractivity contribution in [1.82, 2.24) is 8.87 Å². The summed E-state index contributed by atoms with van der Waals surface area (Å²) in [6, 6.07) is 7.86. The van der Waals surface area contributed by atoms with E-state index in [9.17, 15) is 23.6 Å². The second-order valence-corrected chi connectivity index (χ2v) is 8.42. The van der Waals surface area contributed by atoms with Crippen LogP contribution in [0, 0.1) is 18.3 Å². The lowest BCUT2D eigenvalue weighted by Crippen LogP contribution is -2.40. The van der Waals surface area contributed by atoms with Gasteiger partial charge in [-0.3, -0.25) is 14.4 Å². The molecule has 1 aliphatic heterocycles. The summed E-state index contributed by atoms with van der Waals surface area (Å²) < 4.78 is 32.8. The molecule has 2 heterocycles. The van der Waals surface area contributed by atoms with Crippen molar-refractivity contribution in [2.75, 3.05) is 26.3 Å². The third kappa shape index (κ3) is 3.93. The molecule has 1 aromatic carbocycles. The van der Waals surface area contributed by atoms with Crippen LogP contribution in [-0.2, 0) is 21.8 Å². The molecule has 1 aliphatic rings. The normalized spacial score (nSPS) is 15.5. The van der Waals surface area contributed by atoms with Gasteiger partial charge in [0, 0.05) is 26.4 Å². The van der Waals surface area contributed by atoms with Crippen molar-refractivity contribution in [3.8, 4) is 11.9 Å². The van der Waals surface area contributed by atoms with E-state index in [2.05, 4.69) is 4.99 Å². The Morgan fingerprint density at radius 2 is 1.86 bits per heavy atom. The maximum Gasteiger partial charge on any atom is 0.271 e. The van der Waals surface area contributed by atoms with Crippen LogP contribution in [0.15, 0.2) is 38.9 Å². The van der Waals surface area contributed by atoms with Gasteiger partial charge in [-0.25, -0.2) is 8.42 Å². The van der Waals surface area contributed by atoms with Crippen molar-refractivity contribution in [3.63, 3.8) is 0 Å². The van der Waals surface area contributed by atoms with Crippen molar-refractivity contribution in [3.05, 3.63) is 51.3 Å². The first-order chi connectivity index (χ1) is 13.8. The van der Waals surface area contributed by atoms with Crippen LogP contribution in [0.25, 0.3) is 0 Å². The summed E-state index contributed by atoms with van der Waals surface area (Å²) in [7, 11) is -2.23. The van der Waals surface area contributed by atoms with E-state index in [-0.39, 0.29) is 21.9 Å². The van der Waals surface area contributed by atoms with E-state index < -0.39 is 15.6 Å². The van der Waals surface area contributed by atoms with Crippen LogP contribution in [0.3, 0.4) is 0 Å². The third-order valence-corrected chi connectivity index (χ3v) is 6.67. The molecule has 0 bridgehead atoms. The molecular formula is C19H20N4O5S. The van der Waals surface area contributed by atoms with Crippen molar-refractivity contribution < 1.29 is 18.3 Å². The van der Waals surface area contributed by atoms with Crippen LogP contribution < -0.4 is 5.56 Å². The van der Waals surface area contributed by atoms with Crippen LogP contribution in [-0.4, -0.2) is 54.9 Å². The predicted octanol–water partition coefficient (Wildman–Crippen LogP) is 1.04. The van der Waals surface area contributed by atoms with Crippen molar-refractivity contribution in [2.45, 2.75) is 11.8 Å². The molecule has 1 aromatic heterocycles. The van der Waals surface area contributed by atoms with E-state index in [0.29, 0.717) is 37.6 Å². The average Bonchev–Trinajstić information content (AvgIpc) is 2.73. The molecule has 1 fully saturated rings. The Balaban J connectivity index is 1.89. The van der Waals surface area contributed by atoms with Gasteiger partial charge in [0.2, 0.25) is 15.9 Å². The molecule has 1 N–H and O–H groups in total. The molecule has 0 atom stereocenters. The summed E-state index contributed by atoms with van der Waals surface area (Å²) in [5, 5.41) is 19.4. The highest BCUT2D eigenvalue weighted by Gasteiger charge is 2.26. The van der Waals surface area contributed by atoms with Crippen LogP contribution in [0.1, 0.15) is 16.7 Å². The summed E-state index contributed by atoms with van der Waals surface area (Å²) in [6.07, 6.45) is 1.34. The molecule has 9 nitrogen and oxygen atoms in total. The second-order valence-electron chi connectivity index (χ2n) is 6.48. The van der Waals surface area contributed by atoms with Crippen LogP contribution in [0.2, 0.25) is 0 Å². The van der Waals surface area contributed by atoms with Gasteiger partial charge >= 0.3 is 0 Å². The molecule has 0 spiro atoms. The summed E-state index contributed by atoms with van der Waals surface area (Å²) in [5.74, 6) is -0.304. The maximum absolute atomic E-state index is 12.6. The lowest BCUT2D eigenvalue weighted by atomic mass is 10.1. The molecule has 0 saturated carbocycles. The van der Waals surface area contributed by atoms with Gasteiger partial charge in [0.25, 0.3) is 5.56 Å². The number of sulfonamides is 1. The monoisotopic (exact) mass is 416 g/mol. The quantitative estimate of drug-likeness (QED) is 0.743. The molecule has 152 valence electrons. The fourth-order valence-corrected chi connectivity index (χ4v) is 4.38. The molecule has 1 saturated heterocycles. The van der Waals surface area contributed by atoms with Crippen molar-refractivity contribution in [1.29, 1.82) is 5.26 Å². The predicted molar refractivity (Wildman–Crippen MR) is 106 cm³/mol. The third-order valence-electron chi connectivity index (χ3n) is 4.76. The number of pyridine rings is 1. The average molecular weight is 416 g/mol. The van der Waals surface area contributed by atoms with Crippen molar-refractivity contribution >= 4 is 21.9 Å². The van der Waals surface area contributed by atoms with Crippen molar-refractivity contribution in [2.24, 2.45) is 12.0 Å². The minimum atomic E-state index is -3.59. The molecule has 0 aliphatic carbocycles. The Labute approximate surface area is 168 Å². The van der Waals surface area contributed by atoms with Gasteiger partial charge in [0.05, 0.1) is 29.4 Å². The molecular weight excluding hydrogens is 396 g/mol. The zero-order chi connectivity index (χ0) is 21.2. The summed E-state index contributed by atoms with van der Waals surface area (Å²) >= 11 is 0. The number of aromatic hydroxyl groups is 1. The number of rotatable bonds is 4. The van der Waals surface area contributed by atoms with Gasteiger partial charge in [-0.15, -0.1) is 0 Å². The highest BCUT2D eigenvalue weighted by molar-refractivity contribution is 7.89. The number of ether oxygens (including phenoxy) is 1. The van der Waals surface area contributed by atoms with E-state index in [1.165, 1.54) is 29.7 Å². The molecule has 0 unspecified atom stereocenters. The van der Waals surface area contributed by atoms with Gasteiger partial charge < -0.3 is 9.84 Å². The smallest absolute Gasteiger partial charge is 0.271 e. The Morgan fingerprint density at radius 1 is 1.24 bits per heavy atom. The first-order valence-electron chi connectivity index (χ1n) is 8.82. The van der Waals surface area contributed by atoms with E-state index in [1.807, 2.05) is 6.07 Å². The Kier molecular flexibility index (Phi) is 5.83. The summed E-state index contributed by atoms with van der Waals surface area (Å²) in [4.78, 5) is 16.4. The van der Waals surface area contributed by atoms with Crippen LogP contribution in [0.5, 0.6) is 5.88 Å². The lowest BCUT2D eigenvalue weighted by molar-refractivity contribution is 0.0730. The molecule has 29 heavy (non-hydrogen) atoms. The molecule has 2 aromatic rings. The topological polar surface area (TPSA) is 125 Å². The van der Waals surface area contributed by atoms with Crippen LogP contribution >= 0.6 is 0 Å². The molecule has 3 rings (SSSR count). The minimum Gasteiger partial charge on any atom is -0.494 e. The summed E-state index contributed by atoms with van der Waals surface area (Å²) in [5.41, 5.74) is 0.366. The van der Waals surface area contributed by atoms with E-state index in [0.717, 1.165) is 4.57 Å². The SMILES string of the molecule is Cc1c(C=Nc2ccc(S(=O)(=O)N3CCOCC3)cc2)c(O)n(C)c(=O)c1C#N. The first kappa shape index (κ1) is 20.7. The standard InChI is InChI=1S/C19H20N4O5S/c1-13-16(11-20)18(24)22(2)19(25)17(13)12-21-14-3-5-15(6-4-14)29(26,27)23-7-9-28-10-8-23/h3-6,12,25H,7-10H2,1-2H3. The first-order valence-corrected chi connectivity index (χ1v) is 10.3. The van der Waals surface area contributed by atoms with Gasteiger partial charge in [-0.2, -0.15) is 9.57 Å². The zero-order valence-corrected chi connectivity index (χ0v) is 16.8. The van der Waals surface area contributed by atoms with E-state index in [4.69, 9.17) is 4.74 Å². The largest absolute Gasteiger partial charge is 0.494 e. The Morgan fingerprint density at radius 3 is 2.45 bits per heavy atom. The number of benzene rings is 1. The van der Waals surface area contributed by atoms with Gasteiger partial charge in [-0.05, 0) is 36.8 Å². The Bertz CT molecular complexity index is 1160. The van der Waals surface area contributed by atoms with E-state index in [1.54, 1.807) is 19.1 Å². The second kappa shape index (κ2) is 8.16. The number of morpholine rings is 1. The maximum atomic E-state index is 12.6. The summed E-state index contributed by atoms with van der Waals surface area (Å²) in [6.45, 7) is 2.92. The Hall–Kier alpha value is -3.00. The van der Waals surface area contributed by atoms with Crippen LogP contribution in [0.4, 0.5) is 5.69 Å². The highest BCUT2D eigenvalue weighted by Crippen LogP contribution is 2.23.